The van der Waals surface area contributed by atoms with Crippen LogP contribution in [0.25, 0.3) is 12.2 Å². The molecule has 0 nitrogen and oxygen atoms in total. The van der Waals surface area contributed by atoms with Gasteiger partial charge in [-0.1, -0.05) is 34.1 Å². The van der Waals surface area contributed by atoms with Gasteiger partial charge in [-0.25, -0.2) is 0 Å². The summed E-state index contributed by atoms with van der Waals surface area (Å²) in [6.45, 7) is 0. The number of hydrogen-bond acceptors (Lipinski definition) is 0. The van der Waals surface area contributed by atoms with Crippen LogP contribution in [0.3, 0.4) is 0 Å². The maximum Gasteiger partial charge on any atom is 0.0323 e. The SMILES string of the molecule is Brc1ccc2c(c1)C=C(C1=Cc3cc(Br)c(Br)cc3C1)C2. The average molecular weight is 467 g/mol. The molecule has 2 aliphatic carbocycles. The van der Waals surface area contributed by atoms with Crippen LogP contribution in [-0.2, 0) is 12.8 Å². The largest absolute Gasteiger partial charge is 0.0570 e. The number of fused-ring (bicyclic) bond motifs is 2. The lowest BCUT2D eigenvalue weighted by atomic mass is 10.0. The molecule has 4 rings (SSSR count). The second kappa shape index (κ2) is 5.22. The maximum atomic E-state index is 3.59. The summed E-state index contributed by atoms with van der Waals surface area (Å²) in [6, 6.07) is 11.0. The molecule has 0 aromatic heterocycles. The van der Waals surface area contributed by atoms with Crippen molar-refractivity contribution in [2.24, 2.45) is 0 Å². The van der Waals surface area contributed by atoms with E-state index in [4.69, 9.17) is 0 Å². The molecule has 0 saturated carbocycles. The summed E-state index contributed by atoms with van der Waals surface area (Å²) >= 11 is 10.7. The van der Waals surface area contributed by atoms with Crippen LogP contribution in [0.1, 0.15) is 22.3 Å². The molecule has 0 N–H and O–H groups in total. The van der Waals surface area contributed by atoms with E-state index in [2.05, 4.69) is 90.3 Å². The van der Waals surface area contributed by atoms with Gasteiger partial charge in [0.2, 0.25) is 0 Å². The van der Waals surface area contributed by atoms with Crippen LogP contribution < -0.4 is 0 Å². The molecule has 2 aromatic rings. The first-order chi connectivity index (χ1) is 10.1. The number of halogens is 3. The van der Waals surface area contributed by atoms with E-state index in [-0.39, 0.29) is 0 Å². The van der Waals surface area contributed by atoms with Gasteiger partial charge in [0.05, 0.1) is 0 Å². The molecule has 0 bridgehead atoms. The minimum Gasteiger partial charge on any atom is -0.0570 e. The first-order valence-corrected chi connectivity index (χ1v) is 9.16. The van der Waals surface area contributed by atoms with Crippen molar-refractivity contribution in [3.63, 3.8) is 0 Å². The van der Waals surface area contributed by atoms with E-state index in [1.54, 1.807) is 0 Å². The number of hydrogen-bond donors (Lipinski definition) is 0. The highest BCUT2D eigenvalue weighted by atomic mass is 79.9. The second-order valence-corrected chi connectivity index (χ2v) is 8.13. The Hall–Kier alpha value is -0.640. The molecule has 0 spiro atoms. The fourth-order valence-electron chi connectivity index (χ4n) is 3.05. The monoisotopic (exact) mass is 464 g/mol. The first-order valence-electron chi connectivity index (χ1n) is 6.78. The van der Waals surface area contributed by atoms with Crippen molar-refractivity contribution in [2.75, 3.05) is 0 Å². The van der Waals surface area contributed by atoms with E-state index >= 15 is 0 Å². The Labute approximate surface area is 149 Å². The smallest absolute Gasteiger partial charge is 0.0323 e. The van der Waals surface area contributed by atoms with Gasteiger partial charge in [-0.05, 0) is 102 Å². The van der Waals surface area contributed by atoms with Gasteiger partial charge in [0.25, 0.3) is 0 Å². The molecule has 0 unspecified atom stereocenters. The highest BCUT2D eigenvalue weighted by molar-refractivity contribution is 9.13. The molecule has 2 aliphatic rings. The minimum absolute atomic E-state index is 1.03. The number of rotatable bonds is 1. The van der Waals surface area contributed by atoms with E-state index < -0.39 is 0 Å². The summed E-state index contributed by atoms with van der Waals surface area (Å²) < 4.78 is 3.39. The van der Waals surface area contributed by atoms with Crippen molar-refractivity contribution in [2.45, 2.75) is 12.8 Å². The van der Waals surface area contributed by atoms with Crippen molar-refractivity contribution in [1.82, 2.24) is 0 Å². The summed E-state index contributed by atoms with van der Waals surface area (Å²) in [5, 5.41) is 0. The summed E-state index contributed by atoms with van der Waals surface area (Å²) in [5.74, 6) is 0. The van der Waals surface area contributed by atoms with Crippen LogP contribution in [0.2, 0.25) is 0 Å². The zero-order valence-corrected chi connectivity index (χ0v) is 15.8. The third-order valence-electron chi connectivity index (χ3n) is 4.12. The van der Waals surface area contributed by atoms with Crippen molar-refractivity contribution in [3.8, 4) is 0 Å². The molecule has 0 atom stereocenters. The lowest BCUT2D eigenvalue weighted by molar-refractivity contribution is 1.13. The molecule has 0 fully saturated rings. The molecule has 2 aromatic carbocycles. The molecule has 3 heteroatoms. The average Bonchev–Trinajstić information content (AvgIpc) is 3.02. The lowest BCUT2D eigenvalue weighted by Crippen LogP contribution is -1.91. The molecule has 0 aliphatic heterocycles. The Morgan fingerprint density at radius 1 is 0.667 bits per heavy atom. The Morgan fingerprint density at radius 2 is 1.29 bits per heavy atom. The predicted octanol–water partition coefficient (Wildman–Crippen LogP) is 6.55. The Bertz CT molecular complexity index is 829. The van der Waals surface area contributed by atoms with Crippen LogP contribution >= 0.6 is 47.8 Å². The van der Waals surface area contributed by atoms with Gasteiger partial charge in [-0.3, -0.25) is 0 Å². The minimum atomic E-state index is 1.03. The van der Waals surface area contributed by atoms with E-state index in [0.717, 1.165) is 26.3 Å². The third kappa shape index (κ3) is 2.49. The van der Waals surface area contributed by atoms with E-state index in [1.165, 1.54) is 33.4 Å². The van der Waals surface area contributed by atoms with E-state index in [1.807, 2.05) is 0 Å². The summed E-state index contributed by atoms with van der Waals surface area (Å²) in [6.07, 6.45) is 6.74. The Morgan fingerprint density at radius 3 is 2.05 bits per heavy atom. The van der Waals surface area contributed by atoms with Crippen LogP contribution in [0.5, 0.6) is 0 Å². The standard InChI is InChI=1S/C18H11Br3/c19-16-2-1-10-3-11(4-13(10)7-16)12-5-14-8-17(20)18(21)9-15(14)6-12/h1-2,4-5,7-9H,3,6H2. The van der Waals surface area contributed by atoms with Crippen LogP contribution in [0, 0.1) is 0 Å². The van der Waals surface area contributed by atoms with Crippen LogP contribution in [0.15, 0.2) is 54.9 Å². The normalized spacial score (nSPS) is 15.6. The summed E-state index contributed by atoms with van der Waals surface area (Å²) in [4.78, 5) is 0. The van der Waals surface area contributed by atoms with Gasteiger partial charge in [0, 0.05) is 13.4 Å². The van der Waals surface area contributed by atoms with Crippen molar-refractivity contribution >= 4 is 59.9 Å². The van der Waals surface area contributed by atoms with Gasteiger partial charge in [-0.2, -0.15) is 0 Å². The molecule has 0 radical (unpaired) electrons. The van der Waals surface area contributed by atoms with Crippen molar-refractivity contribution in [3.05, 3.63) is 77.2 Å². The lowest BCUT2D eigenvalue weighted by Gasteiger charge is -2.04. The highest BCUT2D eigenvalue weighted by Gasteiger charge is 2.21. The number of benzene rings is 2. The van der Waals surface area contributed by atoms with Gasteiger partial charge < -0.3 is 0 Å². The highest BCUT2D eigenvalue weighted by Crippen LogP contribution is 2.39. The van der Waals surface area contributed by atoms with Crippen LogP contribution in [0.4, 0.5) is 0 Å². The Balaban J connectivity index is 1.69. The van der Waals surface area contributed by atoms with Gasteiger partial charge in [0.15, 0.2) is 0 Å². The number of allylic oxidation sites excluding steroid dienone is 2. The molecule has 0 heterocycles. The predicted molar refractivity (Wildman–Crippen MR) is 99.3 cm³/mol. The fourth-order valence-corrected chi connectivity index (χ4v) is 4.18. The Kier molecular flexibility index (Phi) is 3.48. The molecule has 21 heavy (non-hydrogen) atoms. The van der Waals surface area contributed by atoms with Crippen LogP contribution in [-0.4, -0.2) is 0 Å². The quantitative estimate of drug-likeness (QED) is 0.447. The van der Waals surface area contributed by atoms with Gasteiger partial charge in [0.1, 0.15) is 0 Å². The summed E-state index contributed by atoms with van der Waals surface area (Å²) in [5.41, 5.74) is 8.40. The molecule has 104 valence electrons. The zero-order chi connectivity index (χ0) is 14.6. The fraction of sp³-hybridized carbons (Fsp3) is 0.111. The van der Waals surface area contributed by atoms with E-state index in [9.17, 15) is 0 Å². The molecule has 0 amide bonds. The van der Waals surface area contributed by atoms with Crippen molar-refractivity contribution in [1.29, 1.82) is 0 Å². The third-order valence-corrected chi connectivity index (χ3v) is 6.46. The molecular formula is C18H11Br3. The van der Waals surface area contributed by atoms with Crippen molar-refractivity contribution < 1.29 is 0 Å². The second-order valence-electron chi connectivity index (χ2n) is 5.50. The topological polar surface area (TPSA) is 0 Å². The van der Waals surface area contributed by atoms with E-state index in [0.29, 0.717) is 0 Å². The molecule has 0 saturated heterocycles. The summed E-state index contributed by atoms with van der Waals surface area (Å²) in [7, 11) is 0. The van der Waals surface area contributed by atoms with Gasteiger partial charge in [-0.15, -0.1) is 0 Å². The first kappa shape index (κ1) is 14.0. The molecular weight excluding hydrogens is 456 g/mol. The maximum absolute atomic E-state index is 3.59. The van der Waals surface area contributed by atoms with Gasteiger partial charge >= 0.3 is 0 Å². The zero-order valence-electron chi connectivity index (χ0n) is 11.1.